The summed E-state index contributed by atoms with van der Waals surface area (Å²) in [4.78, 5) is 9.71. The molecule has 134 valence electrons. The number of hydrogen-bond acceptors (Lipinski definition) is 5. The van der Waals surface area contributed by atoms with Gasteiger partial charge in [0.05, 0.1) is 17.4 Å². The molecule has 0 saturated heterocycles. The SMILES string of the molecule is C=C/C=C\C1=C(C)NNC1c1csc(C(CCC)=NC(C)=C(C)C)n1. The molecule has 0 saturated carbocycles. The first-order valence-corrected chi connectivity index (χ1v) is 9.54. The number of rotatable bonds is 7. The van der Waals surface area contributed by atoms with Crippen LogP contribution in [0.15, 0.2) is 57.7 Å². The molecule has 1 aliphatic rings. The molecule has 4 nitrogen and oxygen atoms in total. The van der Waals surface area contributed by atoms with Gasteiger partial charge in [0.25, 0.3) is 0 Å². The third-order valence-corrected chi connectivity index (χ3v) is 5.05. The van der Waals surface area contributed by atoms with Crippen LogP contribution in [0, 0.1) is 0 Å². The van der Waals surface area contributed by atoms with Gasteiger partial charge in [0, 0.05) is 16.8 Å². The lowest BCUT2D eigenvalue weighted by atomic mass is 10.0. The van der Waals surface area contributed by atoms with E-state index in [4.69, 9.17) is 9.98 Å². The van der Waals surface area contributed by atoms with E-state index in [-0.39, 0.29) is 6.04 Å². The van der Waals surface area contributed by atoms with Crippen LogP contribution in [-0.2, 0) is 0 Å². The van der Waals surface area contributed by atoms with Crippen LogP contribution in [0.3, 0.4) is 0 Å². The summed E-state index contributed by atoms with van der Waals surface area (Å²) in [6.07, 6.45) is 7.81. The minimum absolute atomic E-state index is 0.0497. The Kier molecular flexibility index (Phi) is 6.91. The molecule has 1 atom stereocenters. The highest BCUT2D eigenvalue weighted by molar-refractivity contribution is 7.11. The summed E-state index contributed by atoms with van der Waals surface area (Å²) in [5.74, 6) is 0. The van der Waals surface area contributed by atoms with Gasteiger partial charge in [-0.1, -0.05) is 43.7 Å². The van der Waals surface area contributed by atoms with Crippen molar-refractivity contribution in [3.8, 4) is 0 Å². The lowest BCUT2D eigenvalue weighted by molar-refractivity contribution is 0.582. The minimum atomic E-state index is 0.0497. The maximum atomic E-state index is 4.89. The maximum Gasteiger partial charge on any atom is 0.138 e. The van der Waals surface area contributed by atoms with Crippen molar-refractivity contribution in [1.82, 2.24) is 15.8 Å². The first kappa shape index (κ1) is 19.3. The summed E-state index contributed by atoms with van der Waals surface area (Å²) in [5, 5.41) is 3.13. The van der Waals surface area contributed by atoms with E-state index in [0.29, 0.717) is 0 Å². The van der Waals surface area contributed by atoms with E-state index in [2.05, 4.69) is 63.5 Å². The van der Waals surface area contributed by atoms with Crippen molar-refractivity contribution in [3.63, 3.8) is 0 Å². The zero-order chi connectivity index (χ0) is 18.4. The van der Waals surface area contributed by atoms with Crippen LogP contribution in [0.2, 0.25) is 0 Å². The van der Waals surface area contributed by atoms with Gasteiger partial charge >= 0.3 is 0 Å². The highest BCUT2D eigenvalue weighted by atomic mass is 32.1. The molecule has 2 N–H and O–H groups in total. The van der Waals surface area contributed by atoms with Gasteiger partial charge in [0.2, 0.25) is 0 Å². The van der Waals surface area contributed by atoms with Gasteiger partial charge < -0.3 is 5.43 Å². The molecular weight excluding hydrogens is 328 g/mol. The molecule has 0 aromatic carbocycles. The van der Waals surface area contributed by atoms with Crippen molar-refractivity contribution in [3.05, 3.63) is 63.4 Å². The second-order valence-corrected chi connectivity index (χ2v) is 7.21. The number of nitrogens with zero attached hydrogens (tertiary/aromatic N) is 2. The van der Waals surface area contributed by atoms with Gasteiger partial charge in [-0.25, -0.2) is 10.4 Å². The lowest BCUT2D eigenvalue weighted by Gasteiger charge is -2.09. The van der Waals surface area contributed by atoms with Crippen LogP contribution in [0.5, 0.6) is 0 Å². The predicted molar refractivity (Wildman–Crippen MR) is 109 cm³/mol. The van der Waals surface area contributed by atoms with Crippen LogP contribution in [0.25, 0.3) is 0 Å². The molecule has 1 unspecified atom stereocenters. The third kappa shape index (κ3) is 4.77. The molecule has 0 spiro atoms. The average molecular weight is 357 g/mol. The van der Waals surface area contributed by atoms with Crippen molar-refractivity contribution >= 4 is 17.0 Å². The van der Waals surface area contributed by atoms with E-state index in [1.165, 1.54) is 11.1 Å². The van der Waals surface area contributed by atoms with Crippen molar-refractivity contribution in [2.45, 2.75) is 53.5 Å². The number of allylic oxidation sites excluding steroid dienone is 5. The van der Waals surface area contributed by atoms with Gasteiger partial charge in [-0.05, 0) is 39.7 Å². The quantitative estimate of drug-likeness (QED) is 0.521. The monoisotopic (exact) mass is 356 g/mol. The summed E-state index contributed by atoms with van der Waals surface area (Å²) in [7, 11) is 0. The fraction of sp³-hybridized carbons (Fsp3) is 0.400. The molecule has 0 amide bonds. The summed E-state index contributed by atoms with van der Waals surface area (Å²) in [6, 6.07) is 0.0497. The van der Waals surface area contributed by atoms with Crippen molar-refractivity contribution in [2.75, 3.05) is 0 Å². The molecular formula is C20H28N4S. The number of hydrogen-bond donors (Lipinski definition) is 2. The highest BCUT2D eigenvalue weighted by Gasteiger charge is 2.25. The second kappa shape index (κ2) is 8.92. The summed E-state index contributed by atoms with van der Waals surface area (Å²) in [5.41, 5.74) is 13.2. The molecule has 1 aliphatic heterocycles. The molecule has 25 heavy (non-hydrogen) atoms. The van der Waals surface area contributed by atoms with E-state index >= 15 is 0 Å². The Balaban J connectivity index is 2.33. The Labute approximate surface area is 155 Å². The van der Waals surface area contributed by atoms with Crippen molar-refractivity contribution in [1.29, 1.82) is 0 Å². The largest absolute Gasteiger partial charge is 0.325 e. The fourth-order valence-corrected chi connectivity index (χ4v) is 3.35. The number of aromatic nitrogens is 1. The number of hydrazine groups is 1. The highest BCUT2D eigenvalue weighted by Crippen LogP contribution is 2.29. The van der Waals surface area contributed by atoms with Crippen molar-refractivity contribution < 1.29 is 0 Å². The zero-order valence-corrected chi connectivity index (χ0v) is 16.6. The van der Waals surface area contributed by atoms with E-state index in [1.807, 2.05) is 6.08 Å². The van der Waals surface area contributed by atoms with Crippen LogP contribution >= 0.6 is 11.3 Å². The Morgan fingerprint density at radius 3 is 2.80 bits per heavy atom. The van der Waals surface area contributed by atoms with Gasteiger partial charge in [-0.15, -0.1) is 11.3 Å². The summed E-state index contributed by atoms with van der Waals surface area (Å²) in [6.45, 7) is 14.2. The van der Waals surface area contributed by atoms with Crippen LogP contribution in [0.1, 0.15) is 64.2 Å². The van der Waals surface area contributed by atoms with Crippen LogP contribution in [0.4, 0.5) is 0 Å². The standard InChI is InChI=1S/C20H28N4S/c1-7-9-11-16-15(6)23-24-19(16)18-12-25-20(22-18)17(10-8-2)21-14(5)13(3)4/h7,9,11-12,19,23-24H,1,8,10H2,2-6H3/b11-9-,21-17?. The van der Waals surface area contributed by atoms with Gasteiger partial charge in [-0.3, -0.25) is 4.99 Å². The molecule has 1 aromatic rings. The zero-order valence-electron chi connectivity index (χ0n) is 15.8. The molecule has 0 bridgehead atoms. The predicted octanol–water partition coefficient (Wildman–Crippen LogP) is 5.21. The third-order valence-electron chi connectivity index (χ3n) is 4.14. The average Bonchev–Trinajstić information content (AvgIpc) is 3.19. The molecule has 0 radical (unpaired) electrons. The number of thiazole rings is 1. The molecule has 0 aliphatic carbocycles. The minimum Gasteiger partial charge on any atom is -0.325 e. The number of aliphatic imine (C=N–C) groups is 1. The molecule has 5 heteroatoms. The summed E-state index contributed by atoms with van der Waals surface area (Å²) >= 11 is 1.67. The smallest absolute Gasteiger partial charge is 0.138 e. The number of nitrogens with one attached hydrogen (secondary N) is 2. The Hall–Kier alpha value is -1.98. The van der Waals surface area contributed by atoms with Gasteiger partial charge in [0.15, 0.2) is 0 Å². The van der Waals surface area contributed by atoms with Gasteiger partial charge in [-0.2, -0.15) is 0 Å². The second-order valence-electron chi connectivity index (χ2n) is 6.35. The first-order chi connectivity index (χ1) is 12.0. The summed E-state index contributed by atoms with van der Waals surface area (Å²) < 4.78 is 0. The molecule has 0 fully saturated rings. The Bertz CT molecular complexity index is 746. The molecule has 2 heterocycles. The van der Waals surface area contributed by atoms with E-state index in [9.17, 15) is 0 Å². The molecule has 2 rings (SSSR count). The maximum absolute atomic E-state index is 4.89. The normalized spacial score (nSPS) is 18.0. The fourth-order valence-electron chi connectivity index (χ4n) is 2.49. The topological polar surface area (TPSA) is 49.3 Å². The lowest BCUT2D eigenvalue weighted by Crippen LogP contribution is -2.26. The molecule has 1 aromatic heterocycles. The van der Waals surface area contributed by atoms with E-state index in [0.717, 1.165) is 40.6 Å². The first-order valence-electron chi connectivity index (χ1n) is 8.66. The van der Waals surface area contributed by atoms with Crippen LogP contribution < -0.4 is 10.9 Å². The van der Waals surface area contributed by atoms with E-state index in [1.54, 1.807) is 17.4 Å². The van der Waals surface area contributed by atoms with Gasteiger partial charge in [0.1, 0.15) is 5.01 Å². The Morgan fingerprint density at radius 2 is 2.16 bits per heavy atom. The van der Waals surface area contributed by atoms with Crippen molar-refractivity contribution in [2.24, 2.45) is 4.99 Å². The van der Waals surface area contributed by atoms with E-state index < -0.39 is 0 Å². The Morgan fingerprint density at radius 1 is 1.40 bits per heavy atom. The van der Waals surface area contributed by atoms with Crippen LogP contribution in [-0.4, -0.2) is 10.7 Å².